The van der Waals surface area contributed by atoms with Gasteiger partial charge in [-0.05, 0) is 18.6 Å². The zero-order chi connectivity index (χ0) is 11.8. The summed E-state index contributed by atoms with van der Waals surface area (Å²) < 4.78 is 0. The Kier molecular flexibility index (Phi) is 2.68. The number of aliphatic hydroxyl groups is 1. The van der Waals surface area contributed by atoms with Gasteiger partial charge in [0, 0.05) is 23.9 Å². The van der Waals surface area contributed by atoms with Crippen molar-refractivity contribution in [2.75, 3.05) is 0 Å². The van der Waals surface area contributed by atoms with Crippen LogP contribution in [0.4, 0.5) is 0 Å². The van der Waals surface area contributed by atoms with E-state index in [0.717, 1.165) is 0 Å². The van der Waals surface area contributed by atoms with Crippen LogP contribution in [0.3, 0.4) is 0 Å². The molecule has 0 bridgehead atoms. The molecule has 1 saturated carbocycles. The van der Waals surface area contributed by atoms with Crippen LogP contribution in [-0.2, 0) is 0 Å². The molecule has 1 aromatic rings. The number of aliphatic hydroxyl groups excluding tert-OH is 1. The largest absolute Gasteiger partial charge is 0.392 e. The lowest BCUT2D eigenvalue weighted by Gasteiger charge is -2.49. The van der Waals surface area contributed by atoms with E-state index in [0.29, 0.717) is 12.0 Å². The van der Waals surface area contributed by atoms with E-state index in [4.69, 9.17) is 0 Å². The van der Waals surface area contributed by atoms with Gasteiger partial charge in [-0.25, -0.2) is 0 Å². The topological polar surface area (TPSA) is 62.2 Å². The quantitative estimate of drug-likeness (QED) is 0.780. The van der Waals surface area contributed by atoms with Gasteiger partial charge >= 0.3 is 0 Å². The van der Waals surface area contributed by atoms with Crippen LogP contribution in [0.1, 0.15) is 30.6 Å². The Hall–Kier alpha value is -1.42. The molecule has 86 valence electrons. The fourth-order valence-electron chi connectivity index (χ4n) is 1.89. The number of nitrogens with one attached hydrogen (secondary N) is 1. The number of rotatable bonds is 2. The monoisotopic (exact) mass is 220 g/mol. The number of nitrogens with zero attached hydrogens (tertiary/aromatic N) is 1. The minimum absolute atomic E-state index is 0.0372. The predicted molar refractivity (Wildman–Crippen MR) is 59.9 cm³/mol. The van der Waals surface area contributed by atoms with Gasteiger partial charge in [0.2, 0.25) is 0 Å². The number of pyridine rings is 1. The molecule has 2 unspecified atom stereocenters. The summed E-state index contributed by atoms with van der Waals surface area (Å²) in [5.74, 6) is -0.127. The highest BCUT2D eigenvalue weighted by molar-refractivity contribution is 5.94. The van der Waals surface area contributed by atoms with Gasteiger partial charge in [-0.1, -0.05) is 13.8 Å². The van der Waals surface area contributed by atoms with Crippen LogP contribution in [0.2, 0.25) is 0 Å². The molecule has 16 heavy (non-hydrogen) atoms. The SMILES string of the molecule is CC1(C)C(O)CC1NC(=O)c1cccnc1. The van der Waals surface area contributed by atoms with Gasteiger partial charge in [-0.15, -0.1) is 0 Å². The first-order chi connectivity index (χ1) is 7.51. The van der Waals surface area contributed by atoms with Crippen LogP contribution in [0.25, 0.3) is 0 Å². The zero-order valence-electron chi connectivity index (χ0n) is 9.47. The Labute approximate surface area is 94.7 Å². The summed E-state index contributed by atoms with van der Waals surface area (Å²) in [5.41, 5.74) is 0.317. The molecule has 0 spiro atoms. The van der Waals surface area contributed by atoms with Crippen molar-refractivity contribution in [2.45, 2.75) is 32.4 Å². The van der Waals surface area contributed by atoms with E-state index in [-0.39, 0.29) is 23.5 Å². The Morgan fingerprint density at radius 2 is 2.38 bits per heavy atom. The number of aromatic nitrogens is 1. The maximum atomic E-state index is 11.8. The van der Waals surface area contributed by atoms with Crippen LogP contribution >= 0.6 is 0 Å². The Bertz CT molecular complexity index is 389. The molecule has 2 atom stereocenters. The molecule has 4 heteroatoms. The molecule has 2 rings (SSSR count). The average molecular weight is 220 g/mol. The second kappa shape index (κ2) is 3.87. The standard InChI is InChI=1S/C12H16N2O2/c1-12(2)9(6-10(12)15)14-11(16)8-4-3-5-13-7-8/h3-5,7,9-10,15H,6H2,1-2H3,(H,14,16). The van der Waals surface area contributed by atoms with Crippen LogP contribution in [0.5, 0.6) is 0 Å². The highest BCUT2D eigenvalue weighted by Gasteiger charge is 2.47. The summed E-state index contributed by atoms with van der Waals surface area (Å²) in [5, 5.41) is 12.5. The van der Waals surface area contributed by atoms with Crippen molar-refractivity contribution in [3.05, 3.63) is 30.1 Å². The maximum Gasteiger partial charge on any atom is 0.253 e. The van der Waals surface area contributed by atoms with Crippen molar-refractivity contribution in [1.29, 1.82) is 0 Å². The van der Waals surface area contributed by atoms with Gasteiger partial charge in [0.05, 0.1) is 11.7 Å². The molecule has 1 aliphatic carbocycles. The normalized spacial score (nSPS) is 26.9. The molecular formula is C12H16N2O2. The van der Waals surface area contributed by atoms with Crippen molar-refractivity contribution in [2.24, 2.45) is 5.41 Å². The van der Waals surface area contributed by atoms with Gasteiger partial charge in [-0.2, -0.15) is 0 Å². The molecule has 0 aromatic carbocycles. The molecule has 1 heterocycles. The van der Waals surface area contributed by atoms with Crippen LogP contribution in [-0.4, -0.2) is 28.1 Å². The summed E-state index contributed by atoms with van der Waals surface area (Å²) in [4.78, 5) is 15.7. The van der Waals surface area contributed by atoms with E-state index in [1.165, 1.54) is 6.20 Å². The zero-order valence-corrected chi connectivity index (χ0v) is 9.47. The summed E-state index contributed by atoms with van der Waals surface area (Å²) >= 11 is 0. The van der Waals surface area contributed by atoms with E-state index in [2.05, 4.69) is 10.3 Å². The van der Waals surface area contributed by atoms with Crippen LogP contribution in [0, 0.1) is 5.41 Å². The van der Waals surface area contributed by atoms with Gasteiger partial charge in [0.15, 0.2) is 0 Å². The average Bonchev–Trinajstić information content (AvgIpc) is 2.29. The molecule has 2 N–H and O–H groups in total. The molecule has 1 fully saturated rings. The lowest BCUT2D eigenvalue weighted by molar-refractivity contribution is -0.0689. The molecule has 1 aliphatic rings. The van der Waals surface area contributed by atoms with E-state index < -0.39 is 0 Å². The van der Waals surface area contributed by atoms with Crippen molar-refractivity contribution >= 4 is 5.91 Å². The number of carbonyl (C=O) groups is 1. The van der Waals surface area contributed by atoms with Gasteiger partial charge < -0.3 is 10.4 Å². The second-order valence-corrected chi connectivity index (χ2v) is 4.84. The third-order valence-electron chi connectivity index (χ3n) is 3.44. The van der Waals surface area contributed by atoms with E-state index in [9.17, 15) is 9.90 Å². The summed E-state index contributed by atoms with van der Waals surface area (Å²) in [6.45, 7) is 3.91. The predicted octanol–water partition coefficient (Wildman–Crippen LogP) is 0.971. The first-order valence-electron chi connectivity index (χ1n) is 5.41. The Morgan fingerprint density at radius 3 is 2.88 bits per heavy atom. The summed E-state index contributed by atoms with van der Waals surface area (Å²) in [6.07, 6.45) is 3.47. The van der Waals surface area contributed by atoms with E-state index in [1.54, 1.807) is 18.3 Å². The summed E-state index contributed by atoms with van der Waals surface area (Å²) in [7, 11) is 0. The molecule has 0 saturated heterocycles. The Morgan fingerprint density at radius 1 is 1.62 bits per heavy atom. The number of hydrogen-bond acceptors (Lipinski definition) is 3. The van der Waals surface area contributed by atoms with Gasteiger partial charge in [-0.3, -0.25) is 9.78 Å². The fraction of sp³-hybridized carbons (Fsp3) is 0.500. The number of amides is 1. The fourth-order valence-corrected chi connectivity index (χ4v) is 1.89. The number of hydrogen-bond donors (Lipinski definition) is 2. The van der Waals surface area contributed by atoms with Gasteiger partial charge in [0.1, 0.15) is 0 Å². The maximum absolute atomic E-state index is 11.8. The highest BCUT2D eigenvalue weighted by atomic mass is 16.3. The number of carbonyl (C=O) groups excluding carboxylic acids is 1. The van der Waals surface area contributed by atoms with Gasteiger partial charge in [0.25, 0.3) is 5.91 Å². The van der Waals surface area contributed by atoms with Crippen molar-refractivity contribution in [3.63, 3.8) is 0 Å². The molecule has 1 aromatic heterocycles. The van der Waals surface area contributed by atoms with Crippen molar-refractivity contribution < 1.29 is 9.90 Å². The molecule has 4 nitrogen and oxygen atoms in total. The minimum atomic E-state index is -0.327. The first-order valence-corrected chi connectivity index (χ1v) is 5.41. The highest BCUT2D eigenvalue weighted by Crippen LogP contribution is 2.40. The Balaban J connectivity index is 2.00. The third-order valence-corrected chi connectivity index (χ3v) is 3.44. The second-order valence-electron chi connectivity index (χ2n) is 4.84. The molecular weight excluding hydrogens is 204 g/mol. The molecule has 0 radical (unpaired) electrons. The van der Waals surface area contributed by atoms with Crippen molar-refractivity contribution in [1.82, 2.24) is 10.3 Å². The molecule has 0 aliphatic heterocycles. The van der Waals surface area contributed by atoms with Crippen molar-refractivity contribution in [3.8, 4) is 0 Å². The molecule has 1 amide bonds. The minimum Gasteiger partial charge on any atom is -0.392 e. The lowest BCUT2D eigenvalue weighted by atomic mass is 9.64. The van der Waals surface area contributed by atoms with E-state index >= 15 is 0 Å². The van der Waals surface area contributed by atoms with Crippen LogP contribution in [0.15, 0.2) is 24.5 Å². The van der Waals surface area contributed by atoms with E-state index in [1.807, 2.05) is 13.8 Å². The lowest BCUT2D eigenvalue weighted by Crippen LogP contribution is -2.61. The van der Waals surface area contributed by atoms with Crippen LogP contribution < -0.4 is 5.32 Å². The summed E-state index contributed by atoms with van der Waals surface area (Å²) in [6, 6.07) is 3.50. The third kappa shape index (κ3) is 1.80. The first kappa shape index (κ1) is 11.1. The smallest absolute Gasteiger partial charge is 0.253 e.